The average Bonchev–Trinajstić information content (AvgIpc) is 3.16. The van der Waals surface area contributed by atoms with E-state index in [1.807, 2.05) is 37.3 Å². The minimum absolute atomic E-state index is 0.0366. The molecule has 0 saturated heterocycles. The molecule has 0 fully saturated rings. The van der Waals surface area contributed by atoms with Crippen molar-refractivity contribution in [3.8, 4) is 0 Å². The topological polar surface area (TPSA) is 57.8 Å². The number of carbonyl (C=O) groups is 1. The van der Waals surface area contributed by atoms with Crippen LogP contribution in [0.15, 0.2) is 41.8 Å². The Morgan fingerprint density at radius 2 is 2.23 bits per heavy atom. The summed E-state index contributed by atoms with van der Waals surface area (Å²) in [7, 11) is 0. The summed E-state index contributed by atoms with van der Waals surface area (Å²) in [5.74, 6) is 2.17. The molecule has 1 aromatic carbocycles. The number of imidazole rings is 1. The van der Waals surface area contributed by atoms with Crippen molar-refractivity contribution < 1.29 is 4.79 Å². The van der Waals surface area contributed by atoms with Gasteiger partial charge in [-0.05, 0) is 30.5 Å². The van der Waals surface area contributed by atoms with E-state index in [4.69, 9.17) is 0 Å². The molecule has 6 heteroatoms. The predicted octanol–water partition coefficient (Wildman–Crippen LogP) is 3.74. The Morgan fingerprint density at radius 1 is 1.36 bits per heavy atom. The highest BCUT2D eigenvalue weighted by Gasteiger charge is 2.13. The number of aromatic amines is 1. The number of hydrogen-bond acceptors (Lipinski definition) is 4. The Morgan fingerprint density at radius 3 is 3.00 bits per heavy atom. The first-order valence-electron chi connectivity index (χ1n) is 7.06. The molecule has 2 heterocycles. The fourth-order valence-electron chi connectivity index (χ4n) is 2.17. The van der Waals surface area contributed by atoms with E-state index in [0.29, 0.717) is 5.75 Å². The molecule has 114 valence electrons. The summed E-state index contributed by atoms with van der Waals surface area (Å²) in [6.07, 6.45) is 0. The van der Waals surface area contributed by atoms with Crippen LogP contribution in [0.2, 0.25) is 0 Å². The highest BCUT2D eigenvalue weighted by atomic mass is 32.2. The van der Waals surface area contributed by atoms with E-state index in [2.05, 4.69) is 26.7 Å². The zero-order valence-electron chi connectivity index (χ0n) is 12.2. The fourth-order valence-corrected chi connectivity index (χ4v) is 3.85. The van der Waals surface area contributed by atoms with Gasteiger partial charge in [0.2, 0.25) is 5.91 Å². The standard InChI is InChI=1S/C16H17N3OS2/c1-11(16-18-13-6-2-3-7-14(13)19-16)17-15(20)10-21-9-12-5-4-8-22-12/h2-8,11H,9-10H2,1H3,(H,17,20)(H,18,19). The van der Waals surface area contributed by atoms with Crippen LogP contribution in [-0.4, -0.2) is 21.6 Å². The largest absolute Gasteiger partial charge is 0.346 e. The van der Waals surface area contributed by atoms with E-state index in [1.165, 1.54) is 4.88 Å². The number of nitrogens with one attached hydrogen (secondary N) is 2. The Kier molecular flexibility index (Phi) is 4.80. The van der Waals surface area contributed by atoms with Crippen molar-refractivity contribution in [2.45, 2.75) is 18.7 Å². The van der Waals surface area contributed by atoms with Crippen molar-refractivity contribution in [1.82, 2.24) is 15.3 Å². The van der Waals surface area contributed by atoms with Crippen molar-refractivity contribution in [3.05, 3.63) is 52.5 Å². The number of benzene rings is 1. The summed E-state index contributed by atoms with van der Waals surface area (Å²) in [6.45, 7) is 1.94. The summed E-state index contributed by atoms with van der Waals surface area (Å²) >= 11 is 3.35. The van der Waals surface area contributed by atoms with Crippen LogP contribution in [0.1, 0.15) is 23.7 Å². The smallest absolute Gasteiger partial charge is 0.230 e. The van der Waals surface area contributed by atoms with Crippen LogP contribution in [-0.2, 0) is 10.5 Å². The molecule has 0 saturated carbocycles. The first-order valence-corrected chi connectivity index (χ1v) is 9.10. The number of H-pyrrole nitrogens is 1. The molecule has 4 nitrogen and oxygen atoms in total. The van der Waals surface area contributed by atoms with Crippen LogP contribution < -0.4 is 5.32 Å². The number of nitrogens with zero attached hydrogens (tertiary/aromatic N) is 1. The van der Waals surface area contributed by atoms with Crippen molar-refractivity contribution in [2.75, 3.05) is 5.75 Å². The second-order valence-electron chi connectivity index (χ2n) is 5.00. The molecule has 0 bridgehead atoms. The molecule has 1 unspecified atom stereocenters. The third kappa shape index (κ3) is 3.69. The van der Waals surface area contributed by atoms with Gasteiger partial charge in [-0.15, -0.1) is 23.1 Å². The third-order valence-electron chi connectivity index (χ3n) is 3.25. The van der Waals surface area contributed by atoms with Gasteiger partial charge in [0, 0.05) is 10.6 Å². The lowest BCUT2D eigenvalue weighted by Crippen LogP contribution is -2.28. The molecule has 0 spiro atoms. The number of thioether (sulfide) groups is 1. The summed E-state index contributed by atoms with van der Waals surface area (Å²) in [5.41, 5.74) is 1.91. The van der Waals surface area contributed by atoms with Gasteiger partial charge in [0.15, 0.2) is 0 Å². The van der Waals surface area contributed by atoms with Crippen LogP contribution in [0, 0.1) is 0 Å². The molecule has 0 aliphatic heterocycles. The van der Waals surface area contributed by atoms with Gasteiger partial charge >= 0.3 is 0 Å². The van der Waals surface area contributed by atoms with Crippen molar-refractivity contribution in [1.29, 1.82) is 0 Å². The normalized spacial score (nSPS) is 12.4. The number of hydrogen-bond donors (Lipinski definition) is 2. The quantitative estimate of drug-likeness (QED) is 0.723. The zero-order chi connectivity index (χ0) is 15.4. The van der Waals surface area contributed by atoms with Gasteiger partial charge in [0.25, 0.3) is 0 Å². The zero-order valence-corrected chi connectivity index (χ0v) is 13.8. The summed E-state index contributed by atoms with van der Waals surface area (Å²) in [6, 6.07) is 11.9. The van der Waals surface area contributed by atoms with Gasteiger partial charge in [0.05, 0.1) is 22.8 Å². The van der Waals surface area contributed by atoms with Gasteiger partial charge in [0.1, 0.15) is 5.82 Å². The summed E-state index contributed by atoms with van der Waals surface area (Å²) in [4.78, 5) is 21.1. The lowest BCUT2D eigenvalue weighted by molar-refractivity contribution is -0.119. The van der Waals surface area contributed by atoms with Gasteiger partial charge in [-0.2, -0.15) is 0 Å². The maximum Gasteiger partial charge on any atom is 0.230 e. The van der Waals surface area contributed by atoms with E-state index >= 15 is 0 Å². The molecule has 0 aliphatic rings. The number of amides is 1. The molecule has 1 atom stereocenters. The number of para-hydroxylation sites is 2. The van der Waals surface area contributed by atoms with Crippen LogP contribution in [0.25, 0.3) is 11.0 Å². The second kappa shape index (κ2) is 6.98. The highest BCUT2D eigenvalue weighted by molar-refractivity contribution is 7.99. The van der Waals surface area contributed by atoms with Crippen LogP contribution in [0.5, 0.6) is 0 Å². The van der Waals surface area contributed by atoms with E-state index < -0.39 is 0 Å². The molecule has 0 radical (unpaired) electrons. The van der Waals surface area contributed by atoms with Crippen LogP contribution in [0.3, 0.4) is 0 Å². The molecule has 1 amide bonds. The Hall–Kier alpha value is -1.79. The molecule has 2 N–H and O–H groups in total. The molecule has 3 aromatic rings. The lowest BCUT2D eigenvalue weighted by Gasteiger charge is -2.11. The fraction of sp³-hybridized carbons (Fsp3) is 0.250. The second-order valence-corrected chi connectivity index (χ2v) is 7.02. The average molecular weight is 331 g/mol. The maximum atomic E-state index is 12.0. The number of aromatic nitrogens is 2. The highest BCUT2D eigenvalue weighted by Crippen LogP contribution is 2.18. The maximum absolute atomic E-state index is 12.0. The molecular formula is C16H17N3OS2. The minimum Gasteiger partial charge on any atom is -0.346 e. The van der Waals surface area contributed by atoms with E-state index in [1.54, 1.807) is 23.1 Å². The van der Waals surface area contributed by atoms with Gasteiger partial charge in [-0.3, -0.25) is 4.79 Å². The molecule has 22 heavy (non-hydrogen) atoms. The van der Waals surface area contributed by atoms with E-state index in [0.717, 1.165) is 22.6 Å². The third-order valence-corrected chi connectivity index (χ3v) is 5.29. The lowest BCUT2D eigenvalue weighted by atomic mass is 10.3. The van der Waals surface area contributed by atoms with Gasteiger partial charge < -0.3 is 10.3 Å². The molecular weight excluding hydrogens is 314 g/mol. The predicted molar refractivity (Wildman–Crippen MR) is 93.1 cm³/mol. The van der Waals surface area contributed by atoms with Crippen LogP contribution in [0.4, 0.5) is 0 Å². The minimum atomic E-state index is -0.123. The molecule has 3 rings (SSSR count). The van der Waals surface area contributed by atoms with E-state index in [-0.39, 0.29) is 11.9 Å². The number of carbonyl (C=O) groups excluding carboxylic acids is 1. The van der Waals surface area contributed by atoms with Gasteiger partial charge in [-0.1, -0.05) is 18.2 Å². The Balaban J connectivity index is 1.52. The molecule has 2 aromatic heterocycles. The van der Waals surface area contributed by atoms with Crippen molar-refractivity contribution in [3.63, 3.8) is 0 Å². The number of fused-ring (bicyclic) bond motifs is 1. The monoisotopic (exact) mass is 331 g/mol. The van der Waals surface area contributed by atoms with Gasteiger partial charge in [-0.25, -0.2) is 4.98 Å². The Labute approximate surface area is 137 Å². The number of thiophene rings is 1. The SMILES string of the molecule is CC(NC(=O)CSCc1cccs1)c1nc2ccccc2[nH]1. The molecule has 0 aliphatic carbocycles. The first-order chi connectivity index (χ1) is 10.7. The number of rotatable bonds is 6. The van der Waals surface area contributed by atoms with Crippen molar-refractivity contribution >= 4 is 40.0 Å². The summed E-state index contributed by atoms with van der Waals surface area (Å²) in [5, 5.41) is 5.04. The Bertz CT molecular complexity index is 719. The van der Waals surface area contributed by atoms with Crippen molar-refractivity contribution in [2.24, 2.45) is 0 Å². The van der Waals surface area contributed by atoms with Crippen LogP contribution >= 0.6 is 23.1 Å². The van der Waals surface area contributed by atoms with E-state index in [9.17, 15) is 4.79 Å². The first kappa shape index (κ1) is 15.1. The summed E-state index contributed by atoms with van der Waals surface area (Å²) < 4.78 is 0.